The van der Waals surface area contributed by atoms with E-state index >= 15 is 0 Å². The number of fused-ring (bicyclic) bond motifs is 1. The number of thiazole rings is 1. The van der Waals surface area contributed by atoms with Gasteiger partial charge in [0.1, 0.15) is 0 Å². The van der Waals surface area contributed by atoms with Gasteiger partial charge < -0.3 is 14.2 Å². The lowest BCUT2D eigenvalue weighted by Gasteiger charge is -2.13. The zero-order chi connectivity index (χ0) is 24.5. The van der Waals surface area contributed by atoms with Gasteiger partial charge in [0.25, 0.3) is 5.56 Å². The molecule has 0 spiro atoms. The van der Waals surface area contributed by atoms with Crippen LogP contribution in [-0.4, -0.2) is 35.9 Å². The Hall–Kier alpha value is -3.60. The van der Waals surface area contributed by atoms with Crippen LogP contribution in [0.3, 0.4) is 0 Å². The van der Waals surface area contributed by atoms with Crippen molar-refractivity contribution in [2.45, 2.75) is 19.0 Å². The number of ether oxygens (including phenoxy) is 3. The Balaban J connectivity index is 1.55. The molecule has 2 aromatic carbocycles. The number of hydrogen-bond acceptors (Lipinski definition) is 7. The van der Waals surface area contributed by atoms with Crippen molar-refractivity contribution < 1.29 is 27.4 Å². The number of rotatable bonds is 7. The predicted octanol–water partition coefficient (Wildman–Crippen LogP) is 3.53. The molecule has 4 aromatic rings. The van der Waals surface area contributed by atoms with E-state index in [9.17, 15) is 18.0 Å². The third kappa shape index (κ3) is 4.69. The van der Waals surface area contributed by atoms with Crippen LogP contribution in [0.25, 0.3) is 11.0 Å². The van der Waals surface area contributed by atoms with E-state index in [4.69, 9.17) is 14.2 Å². The molecular weight excluding hydrogens is 471 g/mol. The van der Waals surface area contributed by atoms with Crippen LogP contribution in [-0.2, 0) is 19.0 Å². The third-order valence-corrected chi connectivity index (χ3v) is 6.08. The summed E-state index contributed by atoms with van der Waals surface area (Å²) in [5.41, 5.74) is 0.293. The summed E-state index contributed by atoms with van der Waals surface area (Å²) in [5.74, 6) is 2.09. The molecule has 7 nitrogen and oxygen atoms in total. The first-order valence-electron chi connectivity index (χ1n) is 10.1. The number of alkyl halides is 3. The summed E-state index contributed by atoms with van der Waals surface area (Å²) in [4.78, 5) is 17.5. The van der Waals surface area contributed by atoms with Gasteiger partial charge in [0, 0.05) is 6.42 Å². The Labute approximate surface area is 196 Å². The van der Waals surface area contributed by atoms with Crippen molar-refractivity contribution >= 4 is 22.4 Å². The van der Waals surface area contributed by atoms with E-state index in [2.05, 4.69) is 10.1 Å². The van der Waals surface area contributed by atoms with Crippen LogP contribution in [0, 0.1) is 0 Å². The Bertz CT molecular complexity index is 1400. The minimum Gasteiger partial charge on any atom is -0.493 e. The predicted molar refractivity (Wildman–Crippen MR) is 121 cm³/mol. The molecule has 2 aromatic heterocycles. The molecule has 0 aliphatic rings. The van der Waals surface area contributed by atoms with Crippen molar-refractivity contribution in [3.05, 3.63) is 73.8 Å². The molecule has 34 heavy (non-hydrogen) atoms. The SMILES string of the molecule is COc1cc(CCc2nc3s/c(=C\c4ccc(C(F)(F)F)cc4)c(=O)n3n2)cc(OC)c1OC. The molecule has 0 saturated heterocycles. The first-order chi connectivity index (χ1) is 16.2. The lowest BCUT2D eigenvalue weighted by atomic mass is 10.1. The maximum atomic E-state index is 12.7. The highest BCUT2D eigenvalue weighted by atomic mass is 32.1. The highest BCUT2D eigenvalue weighted by Gasteiger charge is 2.29. The Morgan fingerprint density at radius 1 is 1.00 bits per heavy atom. The standard InChI is InChI=1S/C23H20F3N3O4S/c1-31-16-10-14(11-17(32-2)20(16)33-3)6-9-19-27-22-29(28-19)21(30)18(34-22)12-13-4-7-15(8-5-13)23(24,25)26/h4-5,7-8,10-12H,6,9H2,1-3H3/b18-12-. The topological polar surface area (TPSA) is 75.0 Å². The maximum Gasteiger partial charge on any atom is 0.416 e. The van der Waals surface area contributed by atoms with Crippen molar-refractivity contribution in [1.82, 2.24) is 14.6 Å². The summed E-state index contributed by atoms with van der Waals surface area (Å²) in [6, 6.07) is 8.29. The molecule has 11 heteroatoms. The molecule has 0 radical (unpaired) electrons. The Kier molecular flexibility index (Phi) is 6.47. The molecule has 2 heterocycles. The van der Waals surface area contributed by atoms with Gasteiger partial charge in [-0.15, -0.1) is 5.10 Å². The van der Waals surface area contributed by atoms with Crippen molar-refractivity contribution in [3.63, 3.8) is 0 Å². The molecule has 0 aliphatic carbocycles. The summed E-state index contributed by atoms with van der Waals surface area (Å²) in [7, 11) is 4.62. The van der Waals surface area contributed by atoms with Crippen LogP contribution in [0.5, 0.6) is 17.2 Å². The first kappa shape index (κ1) is 23.6. The van der Waals surface area contributed by atoms with E-state index in [1.54, 1.807) is 14.2 Å². The highest BCUT2D eigenvalue weighted by molar-refractivity contribution is 7.15. The van der Waals surface area contributed by atoms with Gasteiger partial charge in [-0.3, -0.25) is 4.79 Å². The molecule has 0 N–H and O–H groups in total. The van der Waals surface area contributed by atoms with Crippen LogP contribution in [0.2, 0.25) is 0 Å². The number of aryl methyl sites for hydroxylation is 2. The number of benzene rings is 2. The lowest BCUT2D eigenvalue weighted by molar-refractivity contribution is -0.137. The second-order valence-electron chi connectivity index (χ2n) is 7.29. The van der Waals surface area contributed by atoms with E-state index in [1.807, 2.05) is 12.1 Å². The smallest absolute Gasteiger partial charge is 0.416 e. The normalized spacial score (nSPS) is 12.4. The van der Waals surface area contributed by atoms with Gasteiger partial charge in [-0.25, -0.2) is 4.98 Å². The van der Waals surface area contributed by atoms with Crippen molar-refractivity contribution in [2.75, 3.05) is 21.3 Å². The second-order valence-corrected chi connectivity index (χ2v) is 8.30. The van der Waals surface area contributed by atoms with E-state index in [-0.39, 0.29) is 5.56 Å². The fraction of sp³-hybridized carbons (Fsp3) is 0.261. The van der Waals surface area contributed by atoms with E-state index in [0.717, 1.165) is 29.0 Å². The number of hydrogen-bond donors (Lipinski definition) is 0. The largest absolute Gasteiger partial charge is 0.493 e. The van der Waals surface area contributed by atoms with Crippen LogP contribution in [0.1, 0.15) is 22.5 Å². The minimum absolute atomic E-state index is 0.339. The minimum atomic E-state index is -4.41. The second kappa shape index (κ2) is 9.34. The molecule has 178 valence electrons. The van der Waals surface area contributed by atoms with Crippen LogP contribution >= 0.6 is 11.3 Å². The molecule has 0 saturated carbocycles. The maximum absolute atomic E-state index is 12.7. The fourth-order valence-electron chi connectivity index (χ4n) is 3.44. The van der Waals surface area contributed by atoms with Gasteiger partial charge in [-0.2, -0.15) is 17.7 Å². The van der Waals surface area contributed by atoms with E-state index < -0.39 is 11.7 Å². The summed E-state index contributed by atoms with van der Waals surface area (Å²) < 4.78 is 55.8. The molecule has 0 amide bonds. The van der Waals surface area contributed by atoms with Gasteiger partial charge in [0.15, 0.2) is 17.3 Å². The van der Waals surface area contributed by atoms with Crippen molar-refractivity contribution in [3.8, 4) is 17.2 Å². The molecule has 0 bridgehead atoms. The summed E-state index contributed by atoms with van der Waals surface area (Å²) >= 11 is 1.13. The summed E-state index contributed by atoms with van der Waals surface area (Å²) in [6.45, 7) is 0. The first-order valence-corrected chi connectivity index (χ1v) is 10.9. The Morgan fingerprint density at radius 3 is 2.18 bits per heavy atom. The summed E-state index contributed by atoms with van der Waals surface area (Å²) in [6.07, 6.45) is -1.83. The van der Waals surface area contributed by atoms with Crippen LogP contribution < -0.4 is 24.3 Å². The number of halogens is 3. The number of methoxy groups -OCH3 is 3. The van der Waals surface area contributed by atoms with Crippen LogP contribution in [0.4, 0.5) is 13.2 Å². The van der Waals surface area contributed by atoms with Gasteiger partial charge in [-0.1, -0.05) is 23.5 Å². The lowest BCUT2D eigenvalue weighted by Crippen LogP contribution is -2.23. The fourth-order valence-corrected chi connectivity index (χ4v) is 4.36. The van der Waals surface area contributed by atoms with Crippen molar-refractivity contribution in [1.29, 1.82) is 0 Å². The van der Waals surface area contributed by atoms with Gasteiger partial charge >= 0.3 is 6.18 Å². The van der Waals surface area contributed by atoms with E-state index in [0.29, 0.717) is 51.0 Å². The van der Waals surface area contributed by atoms with E-state index in [1.165, 1.54) is 29.8 Å². The monoisotopic (exact) mass is 491 g/mol. The number of aromatic nitrogens is 3. The highest BCUT2D eigenvalue weighted by Crippen LogP contribution is 2.38. The quantitative estimate of drug-likeness (QED) is 0.394. The molecule has 0 aliphatic heterocycles. The molecule has 0 fully saturated rings. The zero-order valence-electron chi connectivity index (χ0n) is 18.5. The Morgan fingerprint density at radius 2 is 1.65 bits per heavy atom. The molecule has 4 rings (SSSR count). The molecule has 0 atom stereocenters. The van der Waals surface area contributed by atoms with Crippen LogP contribution in [0.15, 0.2) is 41.2 Å². The summed E-state index contributed by atoms with van der Waals surface area (Å²) in [5, 5.41) is 4.30. The molecular formula is C23H20F3N3O4S. The zero-order valence-corrected chi connectivity index (χ0v) is 19.3. The average molecular weight is 491 g/mol. The molecule has 0 unspecified atom stereocenters. The third-order valence-electron chi connectivity index (χ3n) is 5.12. The average Bonchev–Trinajstić information content (AvgIpc) is 3.35. The van der Waals surface area contributed by atoms with Gasteiger partial charge in [0.2, 0.25) is 10.7 Å². The van der Waals surface area contributed by atoms with Crippen molar-refractivity contribution in [2.24, 2.45) is 0 Å². The van der Waals surface area contributed by atoms with Gasteiger partial charge in [-0.05, 0) is 47.9 Å². The number of nitrogens with zero attached hydrogens (tertiary/aromatic N) is 3. The van der Waals surface area contributed by atoms with Gasteiger partial charge in [0.05, 0.1) is 31.4 Å².